The lowest BCUT2D eigenvalue weighted by Crippen LogP contribution is -2.39. The van der Waals surface area contributed by atoms with Crippen molar-refractivity contribution in [3.8, 4) is 5.75 Å². The number of amides is 2. The predicted octanol–water partition coefficient (Wildman–Crippen LogP) is 4.90. The molecule has 0 spiro atoms. The summed E-state index contributed by atoms with van der Waals surface area (Å²) in [6, 6.07) is 28.0. The molecule has 1 saturated heterocycles. The monoisotopic (exact) mass is 594 g/mol. The zero-order valence-electron chi connectivity index (χ0n) is 24.2. The van der Waals surface area contributed by atoms with Crippen LogP contribution in [-0.2, 0) is 16.1 Å². The Hall–Kier alpha value is -4.38. The van der Waals surface area contributed by atoms with Gasteiger partial charge in [-0.3, -0.25) is 9.59 Å². The molecular formula is C35H34N2O7. The fourth-order valence-corrected chi connectivity index (χ4v) is 5.82. The number of carbonyl (C=O) groups excluding carboxylic acids is 2. The predicted molar refractivity (Wildman–Crippen MR) is 163 cm³/mol. The van der Waals surface area contributed by atoms with E-state index >= 15 is 0 Å². The molecule has 2 aliphatic heterocycles. The lowest BCUT2D eigenvalue weighted by molar-refractivity contribution is -0.252. The lowest BCUT2D eigenvalue weighted by atomic mass is 9.99. The second kappa shape index (κ2) is 12.7. The number of aromatic hydroxyl groups is 1. The van der Waals surface area contributed by atoms with Crippen LogP contribution in [0.3, 0.4) is 0 Å². The van der Waals surface area contributed by atoms with Crippen molar-refractivity contribution in [3.05, 3.63) is 130 Å². The van der Waals surface area contributed by atoms with Gasteiger partial charge in [0.25, 0.3) is 11.8 Å². The molecule has 0 bridgehead atoms. The molecule has 44 heavy (non-hydrogen) atoms. The Labute approximate surface area is 255 Å². The number of rotatable bonds is 9. The number of benzene rings is 4. The summed E-state index contributed by atoms with van der Waals surface area (Å²) >= 11 is 0. The van der Waals surface area contributed by atoms with E-state index < -0.39 is 12.4 Å². The molecule has 0 radical (unpaired) electrons. The third kappa shape index (κ3) is 6.14. The van der Waals surface area contributed by atoms with Crippen LogP contribution in [0.15, 0.2) is 97.1 Å². The number of likely N-dealkylation sites (N-methyl/N-ethyl adjacent to an activating group) is 1. The van der Waals surface area contributed by atoms with Gasteiger partial charge in [-0.15, -0.1) is 0 Å². The van der Waals surface area contributed by atoms with Crippen molar-refractivity contribution in [2.45, 2.75) is 37.6 Å². The fraction of sp³-hybridized carbons (Fsp3) is 0.257. The quantitative estimate of drug-likeness (QED) is 0.234. The normalized spacial score (nSPS) is 20.6. The minimum atomic E-state index is -0.805. The highest BCUT2D eigenvalue weighted by Gasteiger charge is 2.38. The largest absolute Gasteiger partial charge is 0.508 e. The number of ether oxygens (including phenoxy) is 2. The van der Waals surface area contributed by atoms with Gasteiger partial charge in [0.1, 0.15) is 5.75 Å². The van der Waals surface area contributed by atoms with Gasteiger partial charge in [-0.1, -0.05) is 60.7 Å². The summed E-state index contributed by atoms with van der Waals surface area (Å²) in [7, 11) is 1.90. The number of imide groups is 1. The molecule has 6 rings (SSSR count). The van der Waals surface area contributed by atoms with Crippen molar-refractivity contribution >= 4 is 17.5 Å². The first-order valence-electron chi connectivity index (χ1n) is 14.5. The molecule has 1 fully saturated rings. The molecule has 9 nitrogen and oxygen atoms in total. The second-order valence-corrected chi connectivity index (χ2v) is 11.3. The van der Waals surface area contributed by atoms with E-state index in [9.17, 15) is 24.9 Å². The number of aliphatic hydroxyl groups is 2. The first-order chi connectivity index (χ1) is 21.3. The van der Waals surface area contributed by atoms with E-state index in [-0.39, 0.29) is 36.4 Å². The van der Waals surface area contributed by atoms with E-state index in [0.29, 0.717) is 47.5 Å². The van der Waals surface area contributed by atoms with Gasteiger partial charge in [-0.05, 0) is 60.1 Å². The van der Waals surface area contributed by atoms with Crippen LogP contribution in [-0.4, -0.2) is 58.3 Å². The molecule has 2 amide bonds. The van der Waals surface area contributed by atoms with Gasteiger partial charge in [0.15, 0.2) is 6.29 Å². The summed E-state index contributed by atoms with van der Waals surface area (Å²) in [6.45, 7) is 0.746. The summed E-state index contributed by atoms with van der Waals surface area (Å²) in [4.78, 5) is 29.5. The molecule has 9 heteroatoms. The van der Waals surface area contributed by atoms with Crippen molar-refractivity contribution < 1.29 is 34.4 Å². The number of phenols is 1. The van der Waals surface area contributed by atoms with Crippen molar-refractivity contribution in [3.63, 3.8) is 0 Å². The minimum absolute atomic E-state index is 0.0585. The molecular weight excluding hydrogens is 560 g/mol. The Bertz CT molecular complexity index is 1620. The van der Waals surface area contributed by atoms with Crippen LogP contribution < -0.4 is 4.90 Å². The molecule has 4 atom stereocenters. The highest BCUT2D eigenvalue weighted by molar-refractivity contribution is 6.34. The number of hydrogen-bond acceptors (Lipinski definition) is 8. The Kier molecular flexibility index (Phi) is 8.56. The van der Waals surface area contributed by atoms with Crippen molar-refractivity contribution in [1.82, 2.24) is 4.90 Å². The molecule has 0 aliphatic carbocycles. The van der Waals surface area contributed by atoms with Crippen LogP contribution in [0.25, 0.3) is 0 Å². The van der Waals surface area contributed by atoms with Crippen LogP contribution >= 0.6 is 0 Å². The smallest absolute Gasteiger partial charge is 0.266 e. The van der Waals surface area contributed by atoms with Crippen molar-refractivity contribution in [2.75, 3.05) is 25.0 Å². The number of carbonyl (C=O) groups is 2. The van der Waals surface area contributed by atoms with Crippen molar-refractivity contribution in [2.24, 2.45) is 0 Å². The van der Waals surface area contributed by atoms with Crippen LogP contribution in [0.5, 0.6) is 5.75 Å². The molecule has 2 aliphatic rings. The zero-order valence-corrected chi connectivity index (χ0v) is 24.2. The maximum absolute atomic E-state index is 13.2. The molecule has 3 N–H and O–H groups in total. The third-order valence-corrected chi connectivity index (χ3v) is 8.06. The molecule has 0 aromatic heterocycles. The fourth-order valence-electron chi connectivity index (χ4n) is 5.82. The lowest BCUT2D eigenvalue weighted by Gasteiger charge is -2.38. The summed E-state index contributed by atoms with van der Waals surface area (Å²) in [5, 5.41) is 30.1. The van der Waals surface area contributed by atoms with Gasteiger partial charge in [0, 0.05) is 25.1 Å². The number of aliphatic hydroxyl groups excluding tert-OH is 2. The summed E-state index contributed by atoms with van der Waals surface area (Å²) in [5.41, 5.74) is 4.17. The van der Waals surface area contributed by atoms with Crippen LogP contribution in [0.1, 0.15) is 67.9 Å². The van der Waals surface area contributed by atoms with E-state index in [1.807, 2.05) is 42.3 Å². The van der Waals surface area contributed by atoms with Crippen molar-refractivity contribution in [1.29, 1.82) is 0 Å². The van der Waals surface area contributed by atoms with Crippen LogP contribution in [0.4, 0.5) is 5.69 Å². The Morgan fingerprint density at radius 1 is 0.864 bits per heavy atom. The molecule has 2 heterocycles. The van der Waals surface area contributed by atoms with E-state index in [1.54, 1.807) is 66.7 Å². The standard InChI is InChI=1S/C35H34N2O7/c1-36(20-31(40)24-6-5-9-27(39)17-24)19-28-18-32(23-14-12-22(21-38)13-15-23)44-35(43-28)25-7-4-8-26(16-25)37-33(41)29-10-2-3-11-30(29)34(37)42/h2-17,28,31-32,35,38-40H,18-21H2,1H3/t28-,31-,32+,35+/m1/s1. The number of nitrogens with zero attached hydrogens (tertiary/aromatic N) is 2. The SMILES string of the molecule is CN(C[C@H]1C[C@@H](c2ccc(CO)cc2)O[C@@H](c2cccc(N3C(=O)c4ccccc4C3=O)c2)O1)C[C@@H](O)c1cccc(O)c1. The Morgan fingerprint density at radius 2 is 1.57 bits per heavy atom. The molecule has 4 aromatic carbocycles. The molecule has 4 aromatic rings. The first-order valence-corrected chi connectivity index (χ1v) is 14.5. The van der Waals surface area contributed by atoms with Gasteiger partial charge in [-0.25, -0.2) is 4.90 Å². The maximum atomic E-state index is 13.2. The van der Waals surface area contributed by atoms with Gasteiger partial charge < -0.3 is 29.7 Å². The molecule has 0 saturated carbocycles. The number of hydrogen-bond donors (Lipinski definition) is 3. The Balaban J connectivity index is 1.24. The first kappa shape index (κ1) is 29.7. The van der Waals surface area contributed by atoms with Gasteiger partial charge >= 0.3 is 0 Å². The molecule has 0 unspecified atom stereocenters. The van der Waals surface area contributed by atoms with Crippen LogP contribution in [0, 0.1) is 0 Å². The number of fused-ring (bicyclic) bond motifs is 1. The topological polar surface area (TPSA) is 120 Å². The second-order valence-electron chi connectivity index (χ2n) is 11.3. The van der Waals surface area contributed by atoms with Crippen LogP contribution in [0.2, 0.25) is 0 Å². The van der Waals surface area contributed by atoms with E-state index in [1.165, 1.54) is 4.90 Å². The summed E-state index contributed by atoms with van der Waals surface area (Å²) in [5.74, 6) is -0.655. The number of phenolic OH excluding ortho intramolecular Hbond substituents is 1. The average Bonchev–Trinajstić information content (AvgIpc) is 3.30. The van der Waals surface area contributed by atoms with Gasteiger partial charge in [-0.2, -0.15) is 0 Å². The Morgan fingerprint density at radius 3 is 2.25 bits per heavy atom. The minimum Gasteiger partial charge on any atom is -0.508 e. The third-order valence-electron chi connectivity index (χ3n) is 8.06. The molecule has 226 valence electrons. The number of anilines is 1. The van der Waals surface area contributed by atoms with Gasteiger partial charge in [0.2, 0.25) is 0 Å². The maximum Gasteiger partial charge on any atom is 0.266 e. The summed E-state index contributed by atoms with van der Waals surface area (Å²) < 4.78 is 12.9. The van der Waals surface area contributed by atoms with E-state index in [2.05, 4.69) is 0 Å². The summed E-state index contributed by atoms with van der Waals surface area (Å²) in [6.07, 6.45) is -1.68. The average molecular weight is 595 g/mol. The zero-order chi connectivity index (χ0) is 30.8. The van der Waals surface area contributed by atoms with Gasteiger partial charge in [0.05, 0.1) is 41.7 Å². The van der Waals surface area contributed by atoms with E-state index in [4.69, 9.17) is 9.47 Å². The highest BCUT2D eigenvalue weighted by Crippen LogP contribution is 2.39. The highest BCUT2D eigenvalue weighted by atomic mass is 16.7. The van der Waals surface area contributed by atoms with E-state index in [0.717, 1.165) is 11.1 Å².